The van der Waals surface area contributed by atoms with E-state index in [1.807, 2.05) is 0 Å². The van der Waals surface area contributed by atoms with Gasteiger partial charge in [0.25, 0.3) is 0 Å². The van der Waals surface area contributed by atoms with Crippen LogP contribution in [0.1, 0.15) is 0 Å². The van der Waals surface area contributed by atoms with E-state index >= 15 is 0 Å². The Morgan fingerprint density at radius 3 is 0.154 bits per heavy atom. The number of hydrogen-bond acceptors (Lipinski definition) is 0. The fraction of sp³-hybridized carbons (Fsp3) is 0. The SMILES string of the molecule is [Cu].[Cu].[Cu].[Cu].[Cu].[Zr].[Zr].[Zr].[Zr].[Zr].[Zr].[Zr].[Zr]. The molecule has 0 aromatic rings. The van der Waals surface area contributed by atoms with Crippen molar-refractivity contribution in [1.82, 2.24) is 0 Å². The smallest absolute Gasteiger partial charge is 0 e. The summed E-state index contributed by atoms with van der Waals surface area (Å²) < 4.78 is 0. The van der Waals surface area contributed by atoms with Crippen LogP contribution in [0.5, 0.6) is 0 Å². The van der Waals surface area contributed by atoms with Gasteiger partial charge >= 0.3 is 0 Å². The fourth-order valence-corrected chi connectivity index (χ4v) is 0. The second-order valence-electron chi connectivity index (χ2n) is 0. The summed E-state index contributed by atoms with van der Waals surface area (Å²) in [5.74, 6) is 0. The normalized spacial score (nSPS) is 0. The van der Waals surface area contributed by atoms with Crippen molar-refractivity contribution in [3.8, 4) is 0 Å². The van der Waals surface area contributed by atoms with Crippen LogP contribution in [0.2, 0.25) is 0 Å². The Morgan fingerprint density at radius 1 is 0.154 bits per heavy atom. The van der Waals surface area contributed by atoms with Crippen molar-refractivity contribution in [2.45, 2.75) is 0 Å². The summed E-state index contributed by atoms with van der Waals surface area (Å²) in [6, 6.07) is 0. The third kappa shape index (κ3) is 89.7. The maximum absolute atomic E-state index is 0. The molecule has 0 nitrogen and oxygen atoms in total. The Kier molecular flexibility index (Phi) is 868. The fourth-order valence-electron chi connectivity index (χ4n) is 0. The molecule has 13 heteroatoms. The van der Waals surface area contributed by atoms with E-state index in [0.29, 0.717) is 0 Å². The van der Waals surface area contributed by atoms with Gasteiger partial charge < -0.3 is 0 Å². The first-order valence-corrected chi connectivity index (χ1v) is 0. The van der Waals surface area contributed by atoms with Crippen molar-refractivity contribution in [3.63, 3.8) is 0 Å². The summed E-state index contributed by atoms with van der Waals surface area (Å²) in [6.45, 7) is 0. The molecule has 0 rings (SSSR count). The molecule has 0 unspecified atom stereocenters. The van der Waals surface area contributed by atoms with Gasteiger partial charge in [0.05, 0.1) is 0 Å². The van der Waals surface area contributed by atoms with E-state index in [1.165, 1.54) is 0 Å². The van der Waals surface area contributed by atoms with Gasteiger partial charge in [0, 0.05) is 295 Å². The molecule has 0 N–H and O–H groups in total. The molecule has 0 aliphatic heterocycles. The second kappa shape index (κ2) is 99.1. The molecule has 0 heterocycles. The van der Waals surface area contributed by atoms with Gasteiger partial charge in [-0.05, 0) is 0 Å². The first kappa shape index (κ1) is 114. The van der Waals surface area contributed by atoms with Crippen molar-refractivity contribution < 1.29 is 295 Å². The monoisotopic (exact) mass is 1030 g/mol. The second-order valence-corrected chi connectivity index (χ2v) is 0. The van der Waals surface area contributed by atoms with Gasteiger partial charge in [0.15, 0.2) is 0 Å². The predicted molar refractivity (Wildman–Crippen MR) is 0 cm³/mol. The van der Waals surface area contributed by atoms with E-state index in [0.717, 1.165) is 0 Å². The minimum atomic E-state index is 0. The van der Waals surface area contributed by atoms with Crippen molar-refractivity contribution in [2.75, 3.05) is 0 Å². The van der Waals surface area contributed by atoms with Crippen LogP contribution in [0.4, 0.5) is 0 Å². The molecule has 5 radical (unpaired) electrons. The zero-order chi connectivity index (χ0) is 0. The van der Waals surface area contributed by atoms with Crippen LogP contribution >= 0.6 is 0 Å². The van der Waals surface area contributed by atoms with Crippen LogP contribution < -0.4 is 0 Å². The Hall–Kier alpha value is 9.66. The third-order valence-corrected chi connectivity index (χ3v) is 0. The Bertz CT molecular complexity index is 12.5. The van der Waals surface area contributed by atoms with Crippen LogP contribution in [0.15, 0.2) is 0 Å². The van der Waals surface area contributed by atoms with Crippen molar-refractivity contribution in [3.05, 3.63) is 0 Å². The summed E-state index contributed by atoms with van der Waals surface area (Å²) in [4.78, 5) is 0. The molecule has 87 valence electrons. The van der Waals surface area contributed by atoms with Crippen molar-refractivity contribution >= 4 is 0 Å². The molecule has 0 bridgehead atoms. The van der Waals surface area contributed by atoms with E-state index in [4.69, 9.17) is 0 Å². The Balaban J connectivity index is 0. The summed E-state index contributed by atoms with van der Waals surface area (Å²) in [5.41, 5.74) is 0. The molecular weight excluding hydrogens is 1050 g/mol. The van der Waals surface area contributed by atoms with Crippen LogP contribution in [0, 0.1) is 0 Å². The zero-order valence-electron chi connectivity index (χ0n) is 5.51. The quantitative estimate of drug-likeness (QED) is 0.300. The van der Waals surface area contributed by atoms with Crippen molar-refractivity contribution in [2.24, 2.45) is 0 Å². The van der Waals surface area contributed by atoms with Gasteiger partial charge in [-0.1, -0.05) is 0 Å². The zero-order valence-corrected chi connectivity index (χ0v) is 29.9. The first-order valence-electron chi connectivity index (χ1n) is 0. The van der Waals surface area contributed by atoms with Crippen molar-refractivity contribution in [1.29, 1.82) is 0 Å². The minimum absolute atomic E-state index is 0. The van der Waals surface area contributed by atoms with Crippen LogP contribution in [-0.4, -0.2) is 0 Å². The predicted octanol–water partition coefficient (Wildman–Crippen LogP) is -0.0325. The van der Waals surface area contributed by atoms with Gasteiger partial charge in [-0.3, -0.25) is 0 Å². The van der Waals surface area contributed by atoms with Crippen LogP contribution in [0.25, 0.3) is 0 Å². The van der Waals surface area contributed by atoms with Gasteiger partial charge in [-0.25, -0.2) is 0 Å². The number of hydrogen-bond donors (Lipinski definition) is 0. The third-order valence-electron chi connectivity index (χ3n) is 0. The Labute approximate surface area is 286 Å². The minimum Gasteiger partial charge on any atom is 0 e. The average molecular weight is 1050 g/mol. The molecule has 0 amide bonds. The van der Waals surface area contributed by atoms with E-state index in [2.05, 4.69) is 0 Å². The average Bonchev–Trinajstić information content (AvgIpc) is 0. The van der Waals surface area contributed by atoms with Gasteiger partial charge in [0.1, 0.15) is 0 Å². The molecule has 0 saturated heterocycles. The first-order chi connectivity index (χ1) is 0. The summed E-state index contributed by atoms with van der Waals surface area (Å²) in [5, 5.41) is 0. The molecule has 0 atom stereocenters. The molecule has 0 aromatic carbocycles. The Morgan fingerprint density at radius 2 is 0.154 bits per heavy atom. The molecule has 0 aliphatic carbocycles. The van der Waals surface area contributed by atoms with Gasteiger partial charge in [-0.15, -0.1) is 0 Å². The summed E-state index contributed by atoms with van der Waals surface area (Å²) in [6.07, 6.45) is 0. The molecule has 0 aliphatic rings. The summed E-state index contributed by atoms with van der Waals surface area (Å²) >= 11 is 0. The van der Waals surface area contributed by atoms with Gasteiger partial charge in [-0.2, -0.15) is 0 Å². The van der Waals surface area contributed by atoms with Gasteiger partial charge in [0.2, 0.25) is 0 Å². The largest absolute Gasteiger partial charge is 0 e. The van der Waals surface area contributed by atoms with Crippen LogP contribution in [-0.2, 0) is 295 Å². The standard InChI is InChI=1S/5Cu.8Zr. The summed E-state index contributed by atoms with van der Waals surface area (Å²) in [7, 11) is 0. The topological polar surface area (TPSA) is 0 Å². The maximum Gasteiger partial charge on any atom is 0 e. The van der Waals surface area contributed by atoms with E-state index in [1.54, 1.807) is 0 Å². The number of rotatable bonds is 0. The van der Waals surface area contributed by atoms with Crippen LogP contribution in [0.3, 0.4) is 0 Å². The van der Waals surface area contributed by atoms with E-state index in [9.17, 15) is 0 Å². The molecule has 0 fully saturated rings. The molecular formula is Cu5Zr8. The van der Waals surface area contributed by atoms with E-state index < -0.39 is 0 Å². The molecule has 0 spiro atoms. The maximum atomic E-state index is 0. The molecule has 0 saturated carbocycles. The van der Waals surface area contributed by atoms with E-state index in [-0.39, 0.29) is 295 Å². The molecule has 13 heavy (non-hydrogen) atoms. The molecule has 0 aromatic heterocycles.